The predicted molar refractivity (Wildman–Crippen MR) is 69.3 cm³/mol. The summed E-state index contributed by atoms with van der Waals surface area (Å²) in [5.74, 6) is -0.358. The predicted octanol–water partition coefficient (Wildman–Crippen LogP) is -0.984. The average Bonchev–Trinajstić information content (AvgIpc) is 2.36. The van der Waals surface area contributed by atoms with Crippen LogP contribution in [0.4, 0.5) is 0 Å². The lowest BCUT2D eigenvalue weighted by atomic mass is 10.1. The molecule has 0 aliphatic heterocycles. The van der Waals surface area contributed by atoms with Gasteiger partial charge in [-0.05, 0) is 17.7 Å². The van der Waals surface area contributed by atoms with Gasteiger partial charge in [0.05, 0.1) is 12.8 Å². The maximum atomic E-state index is 11.5. The van der Waals surface area contributed by atoms with Crippen molar-refractivity contribution in [3.63, 3.8) is 0 Å². The SMILES string of the molecule is NC(N)=NN=Cc1ccc(C(=O)NCCO)cc1. The molecular weight excluding hydrogens is 234 g/mol. The number of rotatable bonds is 5. The molecule has 0 saturated heterocycles. The molecule has 0 radical (unpaired) electrons. The lowest BCUT2D eigenvalue weighted by Gasteiger charge is -2.02. The van der Waals surface area contributed by atoms with E-state index in [0.29, 0.717) is 5.56 Å². The van der Waals surface area contributed by atoms with Crippen LogP contribution in [0.15, 0.2) is 34.5 Å². The van der Waals surface area contributed by atoms with Crippen molar-refractivity contribution in [3.05, 3.63) is 35.4 Å². The highest BCUT2D eigenvalue weighted by Crippen LogP contribution is 2.02. The second-order valence-electron chi connectivity index (χ2n) is 3.37. The average molecular weight is 249 g/mol. The van der Waals surface area contributed by atoms with Gasteiger partial charge >= 0.3 is 0 Å². The van der Waals surface area contributed by atoms with E-state index in [0.717, 1.165) is 5.56 Å². The first kappa shape index (κ1) is 13.7. The molecule has 96 valence electrons. The van der Waals surface area contributed by atoms with E-state index in [-0.39, 0.29) is 25.0 Å². The van der Waals surface area contributed by atoms with Crippen LogP contribution in [0.25, 0.3) is 0 Å². The normalized spacial score (nSPS) is 10.3. The minimum atomic E-state index is -0.239. The molecule has 1 rings (SSSR count). The number of guanidine groups is 1. The number of carbonyl (C=O) groups is 1. The number of nitrogens with one attached hydrogen (secondary N) is 1. The van der Waals surface area contributed by atoms with Gasteiger partial charge < -0.3 is 21.9 Å². The Morgan fingerprint density at radius 2 is 2.00 bits per heavy atom. The van der Waals surface area contributed by atoms with E-state index >= 15 is 0 Å². The van der Waals surface area contributed by atoms with Crippen LogP contribution in [0, 0.1) is 0 Å². The summed E-state index contributed by atoms with van der Waals surface area (Å²) in [5.41, 5.74) is 11.5. The molecular formula is C11H15N5O2. The molecule has 0 spiro atoms. The maximum absolute atomic E-state index is 11.5. The lowest BCUT2D eigenvalue weighted by Crippen LogP contribution is -2.26. The highest BCUT2D eigenvalue weighted by atomic mass is 16.3. The highest BCUT2D eigenvalue weighted by Gasteiger charge is 2.03. The molecule has 0 aliphatic rings. The number of aliphatic hydroxyl groups excluding tert-OH is 1. The van der Waals surface area contributed by atoms with Crippen molar-refractivity contribution in [2.24, 2.45) is 21.7 Å². The fourth-order valence-electron chi connectivity index (χ4n) is 1.15. The summed E-state index contributed by atoms with van der Waals surface area (Å²) in [7, 11) is 0. The molecule has 0 aliphatic carbocycles. The van der Waals surface area contributed by atoms with Gasteiger partial charge in [-0.3, -0.25) is 4.79 Å². The molecule has 7 heteroatoms. The van der Waals surface area contributed by atoms with E-state index in [4.69, 9.17) is 16.6 Å². The quantitative estimate of drug-likeness (QED) is 0.304. The molecule has 7 nitrogen and oxygen atoms in total. The number of carbonyl (C=O) groups excluding carboxylic acids is 1. The first-order valence-electron chi connectivity index (χ1n) is 5.24. The smallest absolute Gasteiger partial charge is 0.251 e. The van der Waals surface area contributed by atoms with Gasteiger partial charge in [-0.2, -0.15) is 5.10 Å². The fraction of sp³-hybridized carbons (Fsp3) is 0.182. The van der Waals surface area contributed by atoms with Crippen LogP contribution in [0.1, 0.15) is 15.9 Å². The van der Waals surface area contributed by atoms with E-state index in [1.54, 1.807) is 24.3 Å². The second kappa shape index (κ2) is 7.02. The molecule has 0 atom stereocenters. The number of nitrogens with two attached hydrogens (primary N) is 2. The van der Waals surface area contributed by atoms with Crippen molar-refractivity contribution >= 4 is 18.1 Å². The lowest BCUT2D eigenvalue weighted by molar-refractivity contribution is 0.0945. The van der Waals surface area contributed by atoms with Gasteiger partial charge in [0.25, 0.3) is 5.91 Å². The Balaban J connectivity index is 2.65. The zero-order valence-corrected chi connectivity index (χ0v) is 9.71. The van der Waals surface area contributed by atoms with Crippen LogP contribution < -0.4 is 16.8 Å². The van der Waals surface area contributed by atoms with Gasteiger partial charge in [0.1, 0.15) is 0 Å². The van der Waals surface area contributed by atoms with Crippen molar-refractivity contribution in [2.45, 2.75) is 0 Å². The third kappa shape index (κ3) is 4.62. The fourth-order valence-corrected chi connectivity index (χ4v) is 1.15. The van der Waals surface area contributed by atoms with Crippen LogP contribution in [0.2, 0.25) is 0 Å². The third-order valence-corrected chi connectivity index (χ3v) is 1.95. The number of hydrogen-bond acceptors (Lipinski definition) is 4. The standard InChI is InChI=1S/C11H15N5O2/c12-11(13)16-15-7-8-1-3-9(4-2-8)10(18)14-5-6-17/h1-4,7,17H,5-6H2,(H,14,18)(H4,12,13,16). The van der Waals surface area contributed by atoms with Gasteiger partial charge in [0.2, 0.25) is 5.96 Å². The van der Waals surface area contributed by atoms with Crippen LogP contribution in [0.5, 0.6) is 0 Å². The molecule has 0 heterocycles. The van der Waals surface area contributed by atoms with Crippen molar-refractivity contribution < 1.29 is 9.90 Å². The van der Waals surface area contributed by atoms with Crippen molar-refractivity contribution in [1.29, 1.82) is 0 Å². The number of benzene rings is 1. The van der Waals surface area contributed by atoms with E-state index in [1.165, 1.54) is 6.21 Å². The summed E-state index contributed by atoms with van der Waals surface area (Å²) in [6.45, 7) is 0.140. The van der Waals surface area contributed by atoms with Gasteiger partial charge in [0.15, 0.2) is 0 Å². The maximum Gasteiger partial charge on any atom is 0.251 e. The van der Waals surface area contributed by atoms with Crippen molar-refractivity contribution in [1.82, 2.24) is 5.32 Å². The molecule has 1 aromatic rings. The molecule has 0 aromatic heterocycles. The highest BCUT2D eigenvalue weighted by molar-refractivity contribution is 5.95. The summed E-state index contributed by atoms with van der Waals surface area (Å²) in [6.07, 6.45) is 1.47. The zero-order valence-electron chi connectivity index (χ0n) is 9.71. The largest absolute Gasteiger partial charge is 0.395 e. The Bertz CT molecular complexity index is 449. The number of aliphatic hydroxyl groups is 1. The Morgan fingerprint density at radius 3 is 2.56 bits per heavy atom. The number of amides is 1. The van der Waals surface area contributed by atoms with E-state index in [9.17, 15) is 4.79 Å². The molecule has 1 aromatic carbocycles. The monoisotopic (exact) mass is 249 g/mol. The molecule has 0 fully saturated rings. The molecule has 6 N–H and O–H groups in total. The van der Waals surface area contributed by atoms with Gasteiger partial charge in [0, 0.05) is 12.1 Å². The summed E-state index contributed by atoms with van der Waals surface area (Å²) in [6, 6.07) is 6.70. The van der Waals surface area contributed by atoms with Gasteiger partial charge in [-0.15, -0.1) is 5.10 Å². The van der Waals surface area contributed by atoms with E-state index in [2.05, 4.69) is 15.5 Å². The third-order valence-electron chi connectivity index (χ3n) is 1.95. The summed E-state index contributed by atoms with van der Waals surface area (Å²) in [5, 5.41) is 18.2. The van der Waals surface area contributed by atoms with Crippen LogP contribution in [-0.4, -0.2) is 36.3 Å². The van der Waals surface area contributed by atoms with Crippen LogP contribution in [0.3, 0.4) is 0 Å². The van der Waals surface area contributed by atoms with Gasteiger partial charge in [-0.1, -0.05) is 12.1 Å². The first-order valence-corrected chi connectivity index (χ1v) is 5.24. The Morgan fingerprint density at radius 1 is 1.33 bits per heavy atom. The Labute approximate surface area is 104 Å². The van der Waals surface area contributed by atoms with Crippen LogP contribution in [-0.2, 0) is 0 Å². The first-order chi connectivity index (χ1) is 8.63. The molecule has 18 heavy (non-hydrogen) atoms. The van der Waals surface area contributed by atoms with Crippen molar-refractivity contribution in [2.75, 3.05) is 13.2 Å². The minimum Gasteiger partial charge on any atom is -0.395 e. The Hall–Kier alpha value is -2.41. The van der Waals surface area contributed by atoms with Crippen molar-refractivity contribution in [3.8, 4) is 0 Å². The summed E-state index contributed by atoms with van der Waals surface area (Å²) < 4.78 is 0. The number of hydrogen-bond donors (Lipinski definition) is 4. The zero-order chi connectivity index (χ0) is 13.4. The molecule has 0 bridgehead atoms. The molecule has 1 amide bonds. The molecule has 0 unspecified atom stereocenters. The topological polar surface area (TPSA) is 126 Å². The Kier molecular flexibility index (Phi) is 5.33. The molecule has 0 saturated carbocycles. The summed E-state index contributed by atoms with van der Waals surface area (Å²) >= 11 is 0. The summed E-state index contributed by atoms with van der Waals surface area (Å²) in [4.78, 5) is 11.5. The second-order valence-corrected chi connectivity index (χ2v) is 3.37. The minimum absolute atomic E-state index is 0.0883. The van der Waals surface area contributed by atoms with E-state index < -0.39 is 0 Å². The van der Waals surface area contributed by atoms with Crippen LogP contribution >= 0.6 is 0 Å². The number of nitrogens with zero attached hydrogens (tertiary/aromatic N) is 2. The van der Waals surface area contributed by atoms with E-state index in [1.807, 2.05) is 0 Å². The van der Waals surface area contributed by atoms with Gasteiger partial charge in [-0.25, -0.2) is 0 Å².